The van der Waals surface area contributed by atoms with Crippen molar-refractivity contribution in [1.82, 2.24) is 0 Å². The summed E-state index contributed by atoms with van der Waals surface area (Å²) in [4.78, 5) is 10.2. The van der Waals surface area contributed by atoms with E-state index in [0.717, 1.165) is 0 Å². The van der Waals surface area contributed by atoms with Crippen LogP contribution in [0, 0.1) is 0 Å². The molecule has 0 aliphatic rings. The van der Waals surface area contributed by atoms with Gasteiger partial charge in [-0.25, -0.2) is 0 Å². The third-order valence-electron chi connectivity index (χ3n) is 2.03. The third-order valence-corrected chi connectivity index (χ3v) is 2.03. The molecule has 14 heavy (non-hydrogen) atoms. The average molecular weight is 191 g/mol. The molecular weight excluding hydrogens is 176 g/mol. The molecule has 1 unspecified atom stereocenters. The van der Waals surface area contributed by atoms with Crippen molar-refractivity contribution in [2.45, 2.75) is 32.8 Å². The van der Waals surface area contributed by atoms with Gasteiger partial charge < -0.3 is 4.74 Å². The number of hydrogen-bond donors (Lipinski definition) is 0. The van der Waals surface area contributed by atoms with E-state index in [0.29, 0.717) is 11.7 Å². The molecule has 1 atom stereocenters. The maximum Gasteiger partial charge on any atom is 0.242 e. The van der Waals surface area contributed by atoms with E-state index < -0.39 is 6.10 Å². The van der Waals surface area contributed by atoms with Crippen LogP contribution in [0.3, 0.4) is 0 Å². The molecular formula is C12H15O2. The molecule has 0 saturated carbocycles. The summed E-state index contributed by atoms with van der Waals surface area (Å²) in [5.41, 5.74) is 1.26. The van der Waals surface area contributed by atoms with Crippen molar-refractivity contribution in [2.75, 3.05) is 0 Å². The maximum atomic E-state index is 10.2. The molecule has 0 aromatic heterocycles. The van der Waals surface area contributed by atoms with Crippen LogP contribution in [-0.2, 0) is 4.79 Å². The highest BCUT2D eigenvalue weighted by molar-refractivity contribution is 5.57. The fraction of sp³-hybridized carbons (Fsp3) is 0.417. The first kappa shape index (κ1) is 10.8. The smallest absolute Gasteiger partial charge is 0.242 e. The van der Waals surface area contributed by atoms with E-state index >= 15 is 0 Å². The van der Waals surface area contributed by atoms with Crippen LogP contribution in [-0.4, -0.2) is 12.4 Å². The molecule has 0 aliphatic carbocycles. The van der Waals surface area contributed by atoms with Crippen LogP contribution in [0.1, 0.15) is 32.3 Å². The van der Waals surface area contributed by atoms with E-state index in [1.807, 2.05) is 24.3 Å². The lowest BCUT2D eigenvalue weighted by molar-refractivity contribution is 0.278. The molecule has 0 N–H and O–H groups in total. The lowest BCUT2D eigenvalue weighted by Crippen LogP contribution is -2.12. The number of carbonyl (C=O) groups excluding carboxylic acids is 1. The van der Waals surface area contributed by atoms with Gasteiger partial charge in [0.25, 0.3) is 0 Å². The van der Waals surface area contributed by atoms with Gasteiger partial charge in [-0.1, -0.05) is 26.0 Å². The summed E-state index contributed by atoms with van der Waals surface area (Å²) in [5.74, 6) is 1.23. The Morgan fingerprint density at radius 3 is 2.14 bits per heavy atom. The Morgan fingerprint density at radius 1 is 1.14 bits per heavy atom. The Balaban J connectivity index is 2.68. The lowest BCUT2D eigenvalue weighted by Gasteiger charge is -2.09. The van der Waals surface area contributed by atoms with Crippen molar-refractivity contribution in [3.8, 4) is 5.75 Å². The van der Waals surface area contributed by atoms with Crippen molar-refractivity contribution in [2.24, 2.45) is 0 Å². The number of rotatable bonds is 4. The molecule has 0 heterocycles. The van der Waals surface area contributed by atoms with Crippen LogP contribution in [0.15, 0.2) is 24.3 Å². The van der Waals surface area contributed by atoms with E-state index in [1.165, 1.54) is 5.56 Å². The summed E-state index contributed by atoms with van der Waals surface area (Å²) < 4.78 is 5.27. The molecule has 1 aromatic rings. The molecule has 0 fully saturated rings. The lowest BCUT2D eigenvalue weighted by atomic mass is 10.0. The highest BCUT2D eigenvalue weighted by Gasteiger charge is 2.03. The van der Waals surface area contributed by atoms with E-state index in [9.17, 15) is 4.79 Å². The highest BCUT2D eigenvalue weighted by atomic mass is 16.5. The van der Waals surface area contributed by atoms with E-state index in [-0.39, 0.29) is 0 Å². The maximum absolute atomic E-state index is 10.2. The summed E-state index contributed by atoms with van der Waals surface area (Å²) in [6.07, 6.45) is 1.28. The molecule has 0 bridgehead atoms. The van der Waals surface area contributed by atoms with Crippen molar-refractivity contribution in [1.29, 1.82) is 0 Å². The summed E-state index contributed by atoms with van der Waals surface area (Å²) in [6.45, 7) is 5.94. The number of benzene rings is 1. The van der Waals surface area contributed by atoms with Gasteiger partial charge >= 0.3 is 0 Å². The van der Waals surface area contributed by atoms with Crippen molar-refractivity contribution in [3.63, 3.8) is 0 Å². The van der Waals surface area contributed by atoms with Crippen LogP contribution in [0.2, 0.25) is 0 Å². The SMILES string of the molecule is CC([C]=O)Oc1ccc(C(C)C)cc1. The second kappa shape index (κ2) is 4.80. The van der Waals surface area contributed by atoms with Crippen molar-refractivity contribution in [3.05, 3.63) is 29.8 Å². The zero-order valence-corrected chi connectivity index (χ0v) is 8.78. The van der Waals surface area contributed by atoms with Gasteiger partial charge in [-0.3, -0.25) is 4.79 Å². The minimum Gasteiger partial charge on any atom is -0.482 e. The van der Waals surface area contributed by atoms with Gasteiger partial charge in [-0.15, -0.1) is 0 Å². The predicted octanol–water partition coefficient (Wildman–Crippen LogP) is 2.69. The van der Waals surface area contributed by atoms with Crippen molar-refractivity contribution < 1.29 is 9.53 Å². The largest absolute Gasteiger partial charge is 0.482 e. The molecule has 0 spiro atoms. The Kier molecular flexibility index (Phi) is 3.69. The first-order chi connectivity index (χ1) is 6.63. The van der Waals surface area contributed by atoms with Crippen LogP contribution >= 0.6 is 0 Å². The zero-order chi connectivity index (χ0) is 10.6. The first-order valence-corrected chi connectivity index (χ1v) is 4.77. The summed E-state index contributed by atoms with van der Waals surface area (Å²) in [5, 5.41) is 0. The number of hydrogen-bond acceptors (Lipinski definition) is 2. The Hall–Kier alpha value is -1.31. The Labute approximate surface area is 84.9 Å². The molecule has 0 amide bonds. The minimum atomic E-state index is -0.500. The molecule has 75 valence electrons. The molecule has 1 aromatic carbocycles. The van der Waals surface area contributed by atoms with E-state index in [4.69, 9.17) is 4.74 Å². The topological polar surface area (TPSA) is 26.3 Å². The Bertz CT molecular complexity index is 288. The minimum absolute atomic E-state index is 0.500. The molecule has 0 saturated heterocycles. The van der Waals surface area contributed by atoms with Gasteiger partial charge in [0.15, 0.2) is 6.10 Å². The average Bonchev–Trinajstić information content (AvgIpc) is 2.18. The summed E-state index contributed by atoms with van der Waals surface area (Å²) in [6, 6.07) is 7.78. The normalized spacial score (nSPS) is 12.6. The van der Waals surface area contributed by atoms with E-state index in [2.05, 4.69) is 13.8 Å². The van der Waals surface area contributed by atoms with Crippen LogP contribution in [0.4, 0.5) is 0 Å². The standard InChI is InChI=1S/C12H15O2/c1-9(2)11-4-6-12(7-5-11)14-10(3)8-13/h4-7,9-10H,1-3H3. The quantitative estimate of drug-likeness (QED) is 0.731. The molecule has 1 radical (unpaired) electrons. The van der Waals surface area contributed by atoms with Crippen molar-refractivity contribution >= 4 is 6.29 Å². The van der Waals surface area contributed by atoms with Gasteiger partial charge in [0.05, 0.1) is 0 Å². The molecule has 2 nitrogen and oxygen atoms in total. The monoisotopic (exact) mass is 191 g/mol. The number of ether oxygens (including phenoxy) is 1. The second-order valence-corrected chi connectivity index (χ2v) is 3.60. The highest BCUT2D eigenvalue weighted by Crippen LogP contribution is 2.18. The summed E-state index contributed by atoms with van der Waals surface area (Å²) in [7, 11) is 0. The molecule has 1 rings (SSSR count). The van der Waals surface area contributed by atoms with Crippen LogP contribution in [0.25, 0.3) is 0 Å². The summed E-state index contributed by atoms with van der Waals surface area (Å²) >= 11 is 0. The van der Waals surface area contributed by atoms with Gasteiger partial charge in [-0.05, 0) is 30.5 Å². The fourth-order valence-electron chi connectivity index (χ4n) is 1.16. The van der Waals surface area contributed by atoms with Crippen LogP contribution in [0.5, 0.6) is 5.75 Å². The predicted molar refractivity (Wildman–Crippen MR) is 56.3 cm³/mol. The Morgan fingerprint density at radius 2 is 1.71 bits per heavy atom. The van der Waals surface area contributed by atoms with Crippen LogP contribution < -0.4 is 4.74 Å². The fourth-order valence-corrected chi connectivity index (χ4v) is 1.16. The van der Waals surface area contributed by atoms with Gasteiger partial charge in [0, 0.05) is 0 Å². The van der Waals surface area contributed by atoms with E-state index in [1.54, 1.807) is 13.2 Å². The second-order valence-electron chi connectivity index (χ2n) is 3.60. The zero-order valence-electron chi connectivity index (χ0n) is 8.78. The van der Waals surface area contributed by atoms with Gasteiger partial charge in [0.2, 0.25) is 6.29 Å². The van der Waals surface area contributed by atoms with Gasteiger partial charge in [-0.2, -0.15) is 0 Å². The molecule has 0 aliphatic heterocycles. The third kappa shape index (κ3) is 2.87. The van der Waals surface area contributed by atoms with Gasteiger partial charge in [0.1, 0.15) is 5.75 Å². The molecule has 2 heteroatoms. The first-order valence-electron chi connectivity index (χ1n) is 4.77.